The van der Waals surface area contributed by atoms with Gasteiger partial charge in [-0.3, -0.25) is 9.59 Å². The fourth-order valence-corrected chi connectivity index (χ4v) is 4.50. The standard InChI is InChI=1S/C13H22N4O5S/c14-12(19)9-1-4-17(5-2-9)11(18)7-15-13(20)16-10-3-6-23(21,22)8-10/h9-10H,1-8H2,(H2,14,19)(H2,15,16,20). The van der Waals surface area contributed by atoms with E-state index in [0.29, 0.717) is 32.4 Å². The van der Waals surface area contributed by atoms with E-state index in [1.165, 1.54) is 0 Å². The zero-order chi connectivity index (χ0) is 17.0. The third-order valence-corrected chi connectivity index (χ3v) is 5.99. The van der Waals surface area contributed by atoms with Crippen LogP contribution < -0.4 is 16.4 Å². The number of rotatable bonds is 4. The van der Waals surface area contributed by atoms with Crippen molar-refractivity contribution < 1.29 is 22.8 Å². The lowest BCUT2D eigenvalue weighted by Gasteiger charge is -2.30. The highest BCUT2D eigenvalue weighted by atomic mass is 32.2. The van der Waals surface area contributed by atoms with Crippen LogP contribution in [0.15, 0.2) is 0 Å². The van der Waals surface area contributed by atoms with Crippen molar-refractivity contribution in [2.24, 2.45) is 11.7 Å². The summed E-state index contributed by atoms with van der Waals surface area (Å²) < 4.78 is 22.6. The summed E-state index contributed by atoms with van der Waals surface area (Å²) >= 11 is 0. The third-order valence-electron chi connectivity index (χ3n) is 4.22. The predicted octanol–water partition coefficient (Wildman–Crippen LogP) is -1.80. The Hall–Kier alpha value is -1.84. The van der Waals surface area contributed by atoms with Gasteiger partial charge in [-0.25, -0.2) is 13.2 Å². The molecule has 2 fully saturated rings. The lowest BCUT2D eigenvalue weighted by atomic mass is 9.96. The summed E-state index contributed by atoms with van der Waals surface area (Å²) in [6.07, 6.45) is 1.46. The maximum absolute atomic E-state index is 12.0. The molecule has 1 atom stereocenters. The summed E-state index contributed by atoms with van der Waals surface area (Å²) in [6, 6.07) is -0.950. The number of amides is 4. The molecule has 0 spiro atoms. The van der Waals surface area contributed by atoms with Crippen molar-refractivity contribution >= 4 is 27.7 Å². The van der Waals surface area contributed by atoms with Crippen LogP contribution in [-0.2, 0) is 19.4 Å². The van der Waals surface area contributed by atoms with Crippen LogP contribution in [0.1, 0.15) is 19.3 Å². The van der Waals surface area contributed by atoms with Gasteiger partial charge in [0.1, 0.15) is 0 Å². The molecule has 0 aromatic heterocycles. The van der Waals surface area contributed by atoms with E-state index in [4.69, 9.17) is 5.73 Å². The molecule has 2 saturated heterocycles. The van der Waals surface area contributed by atoms with E-state index < -0.39 is 21.9 Å². The maximum atomic E-state index is 12.0. The number of carbonyl (C=O) groups excluding carboxylic acids is 3. The van der Waals surface area contributed by atoms with Crippen molar-refractivity contribution in [3.63, 3.8) is 0 Å². The molecule has 4 N–H and O–H groups in total. The van der Waals surface area contributed by atoms with Crippen molar-refractivity contribution in [1.82, 2.24) is 15.5 Å². The summed E-state index contributed by atoms with van der Waals surface area (Å²) in [7, 11) is -3.06. The number of primary amides is 1. The first-order valence-electron chi connectivity index (χ1n) is 7.59. The van der Waals surface area contributed by atoms with Crippen LogP contribution in [0.4, 0.5) is 4.79 Å². The number of hydrogen-bond acceptors (Lipinski definition) is 5. The molecule has 2 heterocycles. The molecule has 2 rings (SSSR count). The molecule has 0 bridgehead atoms. The highest BCUT2D eigenvalue weighted by molar-refractivity contribution is 7.91. The molecule has 130 valence electrons. The molecule has 2 aliphatic rings. The van der Waals surface area contributed by atoms with E-state index in [-0.39, 0.29) is 35.8 Å². The lowest BCUT2D eigenvalue weighted by Crippen LogP contribution is -2.49. The second kappa shape index (κ2) is 7.16. The number of piperidine rings is 1. The van der Waals surface area contributed by atoms with E-state index in [9.17, 15) is 22.8 Å². The maximum Gasteiger partial charge on any atom is 0.315 e. The van der Waals surface area contributed by atoms with E-state index in [1.807, 2.05) is 0 Å². The summed E-state index contributed by atoms with van der Waals surface area (Å²) in [5, 5.41) is 4.99. The summed E-state index contributed by atoms with van der Waals surface area (Å²) in [6.45, 7) is 0.722. The molecular formula is C13H22N4O5S. The molecule has 0 aliphatic carbocycles. The minimum Gasteiger partial charge on any atom is -0.369 e. The molecule has 0 aromatic carbocycles. The van der Waals surface area contributed by atoms with Gasteiger partial charge in [0.2, 0.25) is 11.8 Å². The van der Waals surface area contributed by atoms with Crippen molar-refractivity contribution in [2.45, 2.75) is 25.3 Å². The molecule has 4 amide bonds. The molecule has 0 aromatic rings. The van der Waals surface area contributed by atoms with E-state index in [2.05, 4.69) is 10.6 Å². The average molecular weight is 346 g/mol. The highest BCUT2D eigenvalue weighted by Crippen LogP contribution is 2.16. The highest BCUT2D eigenvalue weighted by Gasteiger charge is 2.29. The number of carbonyl (C=O) groups is 3. The van der Waals surface area contributed by atoms with Gasteiger partial charge in [-0.1, -0.05) is 0 Å². The zero-order valence-corrected chi connectivity index (χ0v) is 13.6. The predicted molar refractivity (Wildman–Crippen MR) is 82.1 cm³/mol. The van der Waals surface area contributed by atoms with Crippen LogP contribution in [0.25, 0.3) is 0 Å². The molecular weight excluding hydrogens is 324 g/mol. The fraction of sp³-hybridized carbons (Fsp3) is 0.769. The number of sulfone groups is 1. The smallest absolute Gasteiger partial charge is 0.315 e. The van der Waals surface area contributed by atoms with Gasteiger partial charge < -0.3 is 21.3 Å². The van der Waals surface area contributed by atoms with Crippen molar-refractivity contribution in [2.75, 3.05) is 31.1 Å². The Balaban J connectivity index is 1.68. The van der Waals surface area contributed by atoms with Gasteiger partial charge in [0.05, 0.1) is 18.1 Å². The summed E-state index contributed by atoms with van der Waals surface area (Å²) in [4.78, 5) is 36.3. The Kier molecular flexibility index (Phi) is 5.45. The van der Waals surface area contributed by atoms with Crippen LogP contribution in [0.3, 0.4) is 0 Å². The number of nitrogens with two attached hydrogens (primary N) is 1. The Bertz CT molecular complexity index is 583. The van der Waals surface area contributed by atoms with Crippen molar-refractivity contribution in [3.05, 3.63) is 0 Å². The van der Waals surface area contributed by atoms with Crippen LogP contribution in [0.2, 0.25) is 0 Å². The number of urea groups is 1. The molecule has 23 heavy (non-hydrogen) atoms. The largest absolute Gasteiger partial charge is 0.369 e. The molecule has 9 nitrogen and oxygen atoms in total. The second-order valence-corrected chi connectivity index (χ2v) is 8.21. The second-order valence-electron chi connectivity index (χ2n) is 5.98. The van der Waals surface area contributed by atoms with Gasteiger partial charge in [0, 0.05) is 25.0 Å². The van der Waals surface area contributed by atoms with E-state index >= 15 is 0 Å². The fourth-order valence-electron chi connectivity index (χ4n) is 2.83. The van der Waals surface area contributed by atoms with Gasteiger partial charge >= 0.3 is 6.03 Å². The van der Waals surface area contributed by atoms with Gasteiger partial charge in [-0.2, -0.15) is 0 Å². The molecule has 10 heteroatoms. The molecule has 1 unspecified atom stereocenters. The van der Waals surface area contributed by atoms with Crippen LogP contribution in [-0.4, -0.2) is 68.3 Å². The number of likely N-dealkylation sites (tertiary alicyclic amines) is 1. The van der Waals surface area contributed by atoms with Gasteiger partial charge in [-0.15, -0.1) is 0 Å². The Morgan fingerprint density at radius 1 is 1.13 bits per heavy atom. The van der Waals surface area contributed by atoms with Crippen LogP contribution in [0.5, 0.6) is 0 Å². The number of nitrogens with one attached hydrogen (secondary N) is 2. The quantitative estimate of drug-likeness (QED) is 0.551. The normalized spacial score (nSPS) is 24.2. The third kappa shape index (κ3) is 5.08. The number of nitrogens with zero attached hydrogens (tertiary/aromatic N) is 1. The Labute approximate surface area is 134 Å². The van der Waals surface area contributed by atoms with Crippen molar-refractivity contribution in [3.8, 4) is 0 Å². The lowest BCUT2D eigenvalue weighted by molar-refractivity contribution is -0.133. The first kappa shape index (κ1) is 17.5. The van der Waals surface area contributed by atoms with Gasteiger partial charge in [-0.05, 0) is 19.3 Å². The van der Waals surface area contributed by atoms with Crippen LogP contribution >= 0.6 is 0 Å². The minimum absolute atomic E-state index is 0.0605. The summed E-state index contributed by atoms with van der Waals surface area (Å²) in [5.74, 6) is -0.761. The van der Waals surface area contributed by atoms with E-state index in [0.717, 1.165) is 0 Å². The minimum atomic E-state index is -3.06. The average Bonchev–Trinajstić information content (AvgIpc) is 2.83. The van der Waals surface area contributed by atoms with E-state index in [1.54, 1.807) is 4.90 Å². The Morgan fingerprint density at radius 3 is 2.30 bits per heavy atom. The topological polar surface area (TPSA) is 139 Å². The SMILES string of the molecule is NC(=O)C1CCN(C(=O)CNC(=O)NC2CCS(=O)(=O)C2)CC1. The molecule has 0 radical (unpaired) electrons. The van der Waals surface area contributed by atoms with Crippen LogP contribution in [0, 0.1) is 5.92 Å². The van der Waals surface area contributed by atoms with Gasteiger partial charge in [0.15, 0.2) is 9.84 Å². The Morgan fingerprint density at radius 2 is 1.78 bits per heavy atom. The number of hydrogen-bond donors (Lipinski definition) is 3. The van der Waals surface area contributed by atoms with Crippen molar-refractivity contribution in [1.29, 1.82) is 0 Å². The molecule has 2 aliphatic heterocycles. The zero-order valence-electron chi connectivity index (χ0n) is 12.8. The monoisotopic (exact) mass is 346 g/mol. The summed E-state index contributed by atoms with van der Waals surface area (Å²) in [5.41, 5.74) is 5.23. The molecule has 0 saturated carbocycles. The first-order valence-corrected chi connectivity index (χ1v) is 9.41. The first-order chi connectivity index (χ1) is 10.8. The van der Waals surface area contributed by atoms with Gasteiger partial charge in [0.25, 0.3) is 0 Å².